The standard InChI is InChI=1S/C11H11FN2/c1-7-2-9-4-8(5-13)6-14-11(9)10(12)3-7/h2-4,6H,5,13H2,1H3. The summed E-state index contributed by atoms with van der Waals surface area (Å²) in [7, 11) is 0. The highest BCUT2D eigenvalue weighted by Gasteiger charge is 2.03. The predicted molar refractivity (Wildman–Crippen MR) is 54.3 cm³/mol. The molecular weight excluding hydrogens is 179 g/mol. The summed E-state index contributed by atoms with van der Waals surface area (Å²) in [5.41, 5.74) is 7.71. The third kappa shape index (κ3) is 1.46. The molecule has 2 aromatic rings. The first-order valence-electron chi connectivity index (χ1n) is 4.45. The largest absolute Gasteiger partial charge is 0.326 e. The van der Waals surface area contributed by atoms with Crippen molar-refractivity contribution in [2.24, 2.45) is 5.73 Å². The van der Waals surface area contributed by atoms with Crippen LogP contribution in [0.1, 0.15) is 11.1 Å². The fraction of sp³-hybridized carbons (Fsp3) is 0.182. The van der Waals surface area contributed by atoms with Crippen LogP contribution in [-0.4, -0.2) is 4.98 Å². The molecule has 0 fully saturated rings. The Balaban J connectivity index is 2.75. The maximum Gasteiger partial charge on any atom is 0.149 e. The van der Waals surface area contributed by atoms with Crippen molar-refractivity contribution in [2.75, 3.05) is 0 Å². The quantitative estimate of drug-likeness (QED) is 0.748. The van der Waals surface area contributed by atoms with Crippen LogP contribution in [0.4, 0.5) is 4.39 Å². The molecule has 2 rings (SSSR count). The molecule has 2 N–H and O–H groups in total. The van der Waals surface area contributed by atoms with Gasteiger partial charge in [-0.2, -0.15) is 0 Å². The first-order chi connectivity index (χ1) is 6.70. The Bertz CT molecular complexity index is 480. The number of halogens is 1. The molecule has 0 bridgehead atoms. The Morgan fingerprint density at radius 2 is 2.14 bits per heavy atom. The van der Waals surface area contributed by atoms with E-state index in [0.717, 1.165) is 16.5 Å². The lowest BCUT2D eigenvalue weighted by Crippen LogP contribution is -1.97. The van der Waals surface area contributed by atoms with Gasteiger partial charge >= 0.3 is 0 Å². The van der Waals surface area contributed by atoms with Crippen molar-refractivity contribution in [1.82, 2.24) is 4.98 Å². The average Bonchev–Trinajstić information content (AvgIpc) is 2.16. The number of nitrogens with zero attached hydrogens (tertiary/aromatic N) is 1. The zero-order valence-electron chi connectivity index (χ0n) is 7.92. The van der Waals surface area contributed by atoms with Crippen molar-refractivity contribution in [3.05, 3.63) is 41.3 Å². The molecule has 14 heavy (non-hydrogen) atoms. The summed E-state index contributed by atoms with van der Waals surface area (Å²) in [5, 5.41) is 0.811. The summed E-state index contributed by atoms with van der Waals surface area (Å²) in [6.07, 6.45) is 1.61. The molecule has 1 aromatic heterocycles. The Morgan fingerprint density at radius 3 is 2.86 bits per heavy atom. The summed E-state index contributed by atoms with van der Waals surface area (Å²) in [4.78, 5) is 4.04. The zero-order valence-corrected chi connectivity index (χ0v) is 7.92. The van der Waals surface area contributed by atoms with E-state index in [4.69, 9.17) is 5.73 Å². The molecule has 1 heterocycles. The zero-order chi connectivity index (χ0) is 10.1. The number of pyridine rings is 1. The maximum absolute atomic E-state index is 13.4. The molecule has 0 atom stereocenters. The molecule has 0 aliphatic carbocycles. The van der Waals surface area contributed by atoms with E-state index >= 15 is 0 Å². The third-order valence-electron chi connectivity index (χ3n) is 2.17. The number of aryl methyl sites for hydroxylation is 1. The smallest absolute Gasteiger partial charge is 0.149 e. The molecule has 0 unspecified atom stereocenters. The Kier molecular flexibility index (Phi) is 2.17. The summed E-state index contributed by atoms with van der Waals surface area (Å²) in [6, 6.07) is 5.26. The van der Waals surface area contributed by atoms with Crippen LogP contribution in [0.25, 0.3) is 10.9 Å². The fourth-order valence-electron chi connectivity index (χ4n) is 1.50. The second-order valence-corrected chi connectivity index (χ2v) is 3.37. The van der Waals surface area contributed by atoms with Crippen LogP contribution in [0.5, 0.6) is 0 Å². The lowest BCUT2D eigenvalue weighted by molar-refractivity contribution is 0.635. The first-order valence-corrected chi connectivity index (χ1v) is 4.45. The van der Waals surface area contributed by atoms with E-state index in [1.807, 2.05) is 19.1 Å². The van der Waals surface area contributed by atoms with Crippen LogP contribution < -0.4 is 5.73 Å². The molecule has 72 valence electrons. The molecule has 3 heteroatoms. The maximum atomic E-state index is 13.4. The lowest BCUT2D eigenvalue weighted by Gasteiger charge is -2.02. The van der Waals surface area contributed by atoms with Gasteiger partial charge in [-0.1, -0.05) is 0 Å². The highest BCUT2D eigenvalue weighted by atomic mass is 19.1. The Hall–Kier alpha value is -1.48. The number of fused-ring (bicyclic) bond motifs is 1. The fourth-order valence-corrected chi connectivity index (χ4v) is 1.50. The molecule has 0 aliphatic heterocycles. The average molecular weight is 190 g/mol. The number of nitrogens with two attached hydrogens (primary N) is 1. The molecule has 1 aromatic carbocycles. The van der Waals surface area contributed by atoms with E-state index in [1.54, 1.807) is 6.20 Å². The van der Waals surface area contributed by atoms with Crippen LogP contribution in [0, 0.1) is 12.7 Å². The van der Waals surface area contributed by atoms with Gasteiger partial charge in [-0.25, -0.2) is 4.39 Å². The SMILES string of the molecule is Cc1cc(F)c2ncc(CN)cc2c1. The van der Waals surface area contributed by atoms with Crippen molar-refractivity contribution < 1.29 is 4.39 Å². The van der Waals surface area contributed by atoms with Crippen molar-refractivity contribution in [1.29, 1.82) is 0 Å². The van der Waals surface area contributed by atoms with E-state index in [2.05, 4.69) is 4.98 Å². The van der Waals surface area contributed by atoms with Gasteiger partial charge in [0, 0.05) is 18.1 Å². The highest BCUT2D eigenvalue weighted by molar-refractivity contribution is 5.80. The van der Waals surface area contributed by atoms with Crippen LogP contribution in [0.3, 0.4) is 0 Å². The van der Waals surface area contributed by atoms with E-state index in [-0.39, 0.29) is 5.82 Å². The second kappa shape index (κ2) is 3.35. The molecule has 0 aliphatic rings. The van der Waals surface area contributed by atoms with Gasteiger partial charge in [0.05, 0.1) is 0 Å². The van der Waals surface area contributed by atoms with Gasteiger partial charge in [0.1, 0.15) is 11.3 Å². The topological polar surface area (TPSA) is 38.9 Å². The van der Waals surface area contributed by atoms with Crippen LogP contribution >= 0.6 is 0 Å². The molecule has 0 saturated heterocycles. The molecule has 0 radical (unpaired) electrons. The van der Waals surface area contributed by atoms with Crippen molar-refractivity contribution in [2.45, 2.75) is 13.5 Å². The highest BCUT2D eigenvalue weighted by Crippen LogP contribution is 2.18. The van der Waals surface area contributed by atoms with Crippen molar-refractivity contribution in [3.63, 3.8) is 0 Å². The Morgan fingerprint density at radius 1 is 1.36 bits per heavy atom. The molecule has 2 nitrogen and oxygen atoms in total. The molecule has 0 spiro atoms. The summed E-state index contributed by atoms with van der Waals surface area (Å²) >= 11 is 0. The summed E-state index contributed by atoms with van der Waals surface area (Å²) < 4.78 is 13.4. The normalized spacial score (nSPS) is 10.8. The minimum absolute atomic E-state index is 0.274. The number of hydrogen-bond acceptors (Lipinski definition) is 2. The van der Waals surface area contributed by atoms with Crippen molar-refractivity contribution in [3.8, 4) is 0 Å². The minimum atomic E-state index is -0.274. The monoisotopic (exact) mass is 190 g/mol. The molecule has 0 saturated carbocycles. The third-order valence-corrected chi connectivity index (χ3v) is 2.17. The van der Waals surface area contributed by atoms with Crippen LogP contribution in [-0.2, 0) is 6.54 Å². The second-order valence-electron chi connectivity index (χ2n) is 3.37. The van der Waals surface area contributed by atoms with Gasteiger partial charge in [0.25, 0.3) is 0 Å². The lowest BCUT2D eigenvalue weighted by atomic mass is 10.1. The Labute approximate surface area is 81.6 Å². The van der Waals surface area contributed by atoms with E-state index in [1.165, 1.54) is 6.07 Å². The van der Waals surface area contributed by atoms with Gasteiger partial charge in [-0.05, 0) is 36.2 Å². The van der Waals surface area contributed by atoms with Crippen LogP contribution in [0.15, 0.2) is 24.4 Å². The predicted octanol–water partition coefficient (Wildman–Crippen LogP) is 2.14. The van der Waals surface area contributed by atoms with Crippen molar-refractivity contribution >= 4 is 10.9 Å². The van der Waals surface area contributed by atoms with Gasteiger partial charge < -0.3 is 5.73 Å². The number of benzene rings is 1. The number of rotatable bonds is 1. The van der Waals surface area contributed by atoms with E-state index < -0.39 is 0 Å². The summed E-state index contributed by atoms with van der Waals surface area (Å²) in [5.74, 6) is -0.274. The van der Waals surface area contributed by atoms with E-state index in [0.29, 0.717) is 12.1 Å². The molecule has 0 amide bonds. The van der Waals surface area contributed by atoms with Gasteiger partial charge in [-0.3, -0.25) is 4.98 Å². The summed E-state index contributed by atoms with van der Waals surface area (Å²) in [6.45, 7) is 2.29. The van der Waals surface area contributed by atoms with Gasteiger partial charge in [0.2, 0.25) is 0 Å². The number of hydrogen-bond donors (Lipinski definition) is 1. The van der Waals surface area contributed by atoms with Crippen LogP contribution in [0.2, 0.25) is 0 Å². The molecular formula is C11H11FN2. The first kappa shape index (κ1) is 9.09. The number of aromatic nitrogens is 1. The minimum Gasteiger partial charge on any atom is -0.326 e. The van der Waals surface area contributed by atoms with Gasteiger partial charge in [-0.15, -0.1) is 0 Å². The van der Waals surface area contributed by atoms with Gasteiger partial charge in [0.15, 0.2) is 0 Å². The van der Waals surface area contributed by atoms with E-state index in [9.17, 15) is 4.39 Å².